The zero-order chi connectivity index (χ0) is 27.3. The normalized spacial score (nSPS) is 16.4. The Hall–Kier alpha value is -3.56. The molecular formula is C30H39FN4O4. The second-order valence-corrected chi connectivity index (χ2v) is 9.82. The van der Waals surface area contributed by atoms with Crippen LogP contribution in [-0.2, 0) is 11.3 Å². The van der Waals surface area contributed by atoms with Crippen molar-refractivity contribution in [2.75, 3.05) is 44.7 Å². The van der Waals surface area contributed by atoms with Gasteiger partial charge in [-0.25, -0.2) is 9.18 Å². The Bertz CT molecular complexity index is 1080. The number of halogens is 1. The molecule has 0 unspecified atom stereocenters. The van der Waals surface area contributed by atoms with Crippen LogP contribution in [0.15, 0.2) is 72.5 Å². The van der Waals surface area contributed by atoms with Crippen molar-refractivity contribution in [3.63, 3.8) is 0 Å². The highest BCUT2D eigenvalue weighted by Crippen LogP contribution is 2.20. The van der Waals surface area contributed by atoms with Crippen molar-refractivity contribution >= 4 is 11.7 Å². The Morgan fingerprint density at radius 2 is 1.82 bits per heavy atom. The van der Waals surface area contributed by atoms with E-state index in [1.54, 1.807) is 12.1 Å². The molecule has 1 heterocycles. The third-order valence-electron chi connectivity index (χ3n) is 6.70. The monoisotopic (exact) mass is 538 g/mol. The molecule has 2 amide bonds. The lowest BCUT2D eigenvalue weighted by atomic mass is 10.0. The molecule has 8 nitrogen and oxygen atoms in total. The number of carbonyl (C=O) groups excluding carboxylic acids is 1. The lowest BCUT2D eigenvalue weighted by Gasteiger charge is -2.33. The van der Waals surface area contributed by atoms with Crippen molar-refractivity contribution in [3.8, 4) is 5.75 Å². The van der Waals surface area contributed by atoms with E-state index in [0.29, 0.717) is 45.4 Å². The van der Waals surface area contributed by atoms with Crippen molar-refractivity contribution in [1.82, 2.24) is 15.5 Å². The average Bonchev–Trinajstić information content (AvgIpc) is 2.97. The molecule has 2 aromatic carbocycles. The van der Waals surface area contributed by atoms with E-state index in [1.807, 2.05) is 41.3 Å². The Morgan fingerprint density at radius 3 is 2.54 bits per heavy atom. The fourth-order valence-corrected chi connectivity index (χ4v) is 4.46. The Balaban J connectivity index is 1.06. The molecule has 1 aliphatic heterocycles. The lowest BCUT2D eigenvalue weighted by Crippen LogP contribution is -2.46. The summed E-state index contributed by atoms with van der Waals surface area (Å²) in [6.07, 6.45) is 9.23. The van der Waals surface area contributed by atoms with E-state index < -0.39 is 6.10 Å². The molecule has 1 aliphatic carbocycles. The first kappa shape index (κ1) is 28.4. The van der Waals surface area contributed by atoms with Gasteiger partial charge in [0, 0.05) is 44.5 Å². The minimum absolute atomic E-state index is 0.0915. The molecule has 0 saturated carbocycles. The molecular weight excluding hydrogens is 499 g/mol. The van der Waals surface area contributed by atoms with Gasteiger partial charge in [-0.3, -0.25) is 0 Å². The van der Waals surface area contributed by atoms with Crippen LogP contribution < -0.4 is 20.7 Å². The molecule has 1 saturated heterocycles. The summed E-state index contributed by atoms with van der Waals surface area (Å²) < 4.78 is 24.4. The van der Waals surface area contributed by atoms with Gasteiger partial charge >= 0.3 is 6.03 Å². The molecule has 210 valence electrons. The molecule has 1 atom stereocenters. The van der Waals surface area contributed by atoms with Crippen LogP contribution in [0.1, 0.15) is 31.2 Å². The van der Waals surface area contributed by atoms with Crippen LogP contribution in [0.3, 0.4) is 0 Å². The number of hydrogen-bond donors (Lipinski definition) is 4. The second kappa shape index (κ2) is 15.1. The van der Waals surface area contributed by atoms with Gasteiger partial charge in [0.2, 0.25) is 0 Å². The summed E-state index contributed by atoms with van der Waals surface area (Å²) in [6.45, 7) is 3.56. The van der Waals surface area contributed by atoms with Crippen molar-refractivity contribution in [2.45, 2.75) is 44.4 Å². The predicted molar refractivity (Wildman–Crippen MR) is 150 cm³/mol. The molecule has 1 fully saturated rings. The summed E-state index contributed by atoms with van der Waals surface area (Å²) in [7, 11) is 0. The summed E-state index contributed by atoms with van der Waals surface area (Å²) in [4.78, 5) is 14.3. The van der Waals surface area contributed by atoms with E-state index in [2.05, 4.69) is 22.0 Å². The van der Waals surface area contributed by atoms with E-state index in [4.69, 9.17) is 9.47 Å². The number of nitrogens with one attached hydrogen (secondary N) is 3. The number of rotatable bonds is 13. The highest BCUT2D eigenvalue weighted by atomic mass is 19.1. The fourth-order valence-electron chi connectivity index (χ4n) is 4.46. The highest BCUT2D eigenvalue weighted by Gasteiger charge is 2.22. The number of piperidine rings is 1. The van der Waals surface area contributed by atoms with Gasteiger partial charge < -0.3 is 35.4 Å². The molecule has 0 spiro atoms. The number of likely N-dealkylation sites (tertiary alicyclic amines) is 1. The van der Waals surface area contributed by atoms with Crippen LogP contribution in [0.2, 0.25) is 0 Å². The van der Waals surface area contributed by atoms with Crippen LogP contribution in [-0.4, -0.2) is 67.6 Å². The summed E-state index contributed by atoms with van der Waals surface area (Å²) in [6, 6.07) is 14.2. The van der Waals surface area contributed by atoms with Crippen molar-refractivity contribution in [2.24, 2.45) is 0 Å². The quantitative estimate of drug-likeness (QED) is 0.286. The topological polar surface area (TPSA) is 95.1 Å². The Kier molecular flexibility index (Phi) is 11.0. The van der Waals surface area contributed by atoms with Gasteiger partial charge in [0.15, 0.2) is 0 Å². The first-order chi connectivity index (χ1) is 19.0. The number of amides is 2. The highest BCUT2D eigenvalue weighted by molar-refractivity contribution is 5.74. The summed E-state index contributed by atoms with van der Waals surface area (Å²) >= 11 is 0. The van der Waals surface area contributed by atoms with Gasteiger partial charge in [-0.15, -0.1) is 0 Å². The first-order valence-corrected chi connectivity index (χ1v) is 13.7. The molecule has 0 aromatic heterocycles. The van der Waals surface area contributed by atoms with E-state index in [9.17, 15) is 14.3 Å². The number of aliphatic hydroxyl groups excluding tert-OH is 1. The van der Waals surface area contributed by atoms with E-state index in [-0.39, 0.29) is 18.5 Å². The minimum Gasteiger partial charge on any atom is -0.492 e. The smallest absolute Gasteiger partial charge is 0.317 e. The molecule has 2 aromatic rings. The minimum atomic E-state index is -0.575. The zero-order valence-corrected chi connectivity index (χ0v) is 22.3. The Labute approximate surface area is 229 Å². The number of ether oxygens (including phenoxy) is 2. The third-order valence-corrected chi connectivity index (χ3v) is 6.70. The SMILES string of the molecule is O=C(NCc1ccc(F)cc1)N1CCC(Nc2ccc(OCCNC[C@H](O)COC3=CCCC=C3)cc2)CC1. The third kappa shape index (κ3) is 9.92. The van der Waals surface area contributed by atoms with E-state index in [1.165, 1.54) is 12.1 Å². The first-order valence-electron chi connectivity index (χ1n) is 13.7. The number of anilines is 1. The Morgan fingerprint density at radius 1 is 1.05 bits per heavy atom. The van der Waals surface area contributed by atoms with Gasteiger partial charge in [-0.2, -0.15) is 0 Å². The molecule has 0 bridgehead atoms. The maximum atomic E-state index is 13.0. The predicted octanol–water partition coefficient (Wildman–Crippen LogP) is 4.19. The number of benzene rings is 2. The molecule has 9 heteroatoms. The maximum absolute atomic E-state index is 13.0. The van der Waals surface area contributed by atoms with Gasteiger partial charge in [0.05, 0.1) is 0 Å². The largest absolute Gasteiger partial charge is 0.492 e. The maximum Gasteiger partial charge on any atom is 0.317 e. The number of hydrogen-bond acceptors (Lipinski definition) is 6. The number of nitrogens with zero attached hydrogens (tertiary/aromatic N) is 1. The van der Waals surface area contributed by atoms with Crippen LogP contribution in [0, 0.1) is 5.82 Å². The molecule has 39 heavy (non-hydrogen) atoms. The van der Waals surface area contributed by atoms with Crippen LogP contribution in [0.4, 0.5) is 14.9 Å². The van der Waals surface area contributed by atoms with Crippen LogP contribution in [0.25, 0.3) is 0 Å². The van der Waals surface area contributed by atoms with Gasteiger partial charge in [-0.05, 0) is 79.8 Å². The van der Waals surface area contributed by atoms with Crippen LogP contribution >= 0.6 is 0 Å². The van der Waals surface area contributed by atoms with Gasteiger partial charge in [0.25, 0.3) is 0 Å². The number of allylic oxidation sites excluding steroid dienone is 3. The average molecular weight is 539 g/mol. The van der Waals surface area contributed by atoms with Crippen LogP contribution in [0.5, 0.6) is 5.75 Å². The molecule has 0 radical (unpaired) electrons. The molecule has 4 N–H and O–H groups in total. The van der Waals surface area contributed by atoms with Gasteiger partial charge in [-0.1, -0.05) is 18.2 Å². The zero-order valence-electron chi connectivity index (χ0n) is 22.3. The van der Waals surface area contributed by atoms with E-state index >= 15 is 0 Å². The van der Waals surface area contributed by atoms with Crippen molar-refractivity contribution in [3.05, 3.63) is 83.9 Å². The standard InChI is InChI=1S/C30H39FN4O4/c31-24-8-6-23(7-9-24)20-33-30(37)35-17-14-26(15-18-35)34-25-10-12-29(13-11-25)38-19-16-32-21-27(36)22-39-28-4-2-1-3-5-28/h2,4-13,26-27,32,34,36H,1,3,14-22H2,(H,33,37)/t27-/m0/s1. The summed E-state index contributed by atoms with van der Waals surface area (Å²) in [5.74, 6) is 1.33. The van der Waals surface area contributed by atoms with Crippen molar-refractivity contribution in [1.29, 1.82) is 0 Å². The van der Waals surface area contributed by atoms with E-state index in [0.717, 1.165) is 48.4 Å². The lowest BCUT2D eigenvalue weighted by molar-refractivity contribution is 0.0742. The number of carbonyl (C=O) groups is 1. The molecule has 2 aliphatic rings. The number of urea groups is 1. The molecule has 4 rings (SSSR count). The van der Waals surface area contributed by atoms with Gasteiger partial charge in [0.1, 0.15) is 36.6 Å². The van der Waals surface area contributed by atoms with Crippen molar-refractivity contribution < 1.29 is 23.8 Å². The summed E-state index contributed by atoms with van der Waals surface area (Å²) in [5.41, 5.74) is 1.89. The summed E-state index contributed by atoms with van der Waals surface area (Å²) in [5, 5.41) is 19.7. The second-order valence-electron chi connectivity index (χ2n) is 9.82. The number of aliphatic hydroxyl groups is 1. The fraction of sp³-hybridized carbons (Fsp3) is 0.433.